The monoisotopic (exact) mass is 700 g/mol. The van der Waals surface area contributed by atoms with Crippen molar-refractivity contribution in [3.8, 4) is 11.9 Å². The molecule has 2 amide bonds. The van der Waals surface area contributed by atoms with E-state index >= 15 is 4.39 Å². The molecular formula is C33H42BrFN6O5. The van der Waals surface area contributed by atoms with Gasteiger partial charge in [-0.05, 0) is 107 Å². The van der Waals surface area contributed by atoms with Gasteiger partial charge < -0.3 is 35.1 Å². The lowest BCUT2D eigenvalue weighted by atomic mass is 9.80. The number of nitrogens with one attached hydrogen (secondary N) is 1. The second-order valence-corrected chi connectivity index (χ2v) is 14.8. The van der Waals surface area contributed by atoms with E-state index < -0.39 is 29.2 Å². The van der Waals surface area contributed by atoms with Gasteiger partial charge in [-0.2, -0.15) is 5.26 Å². The van der Waals surface area contributed by atoms with Gasteiger partial charge in [0.05, 0.1) is 28.3 Å². The van der Waals surface area contributed by atoms with Crippen LogP contribution in [0.15, 0.2) is 16.6 Å². The number of pyridine rings is 1. The van der Waals surface area contributed by atoms with Crippen LogP contribution in [0.4, 0.5) is 19.7 Å². The minimum Gasteiger partial charge on any atom is -0.475 e. The molecule has 3 aliphatic heterocycles. The summed E-state index contributed by atoms with van der Waals surface area (Å²) in [6.07, 6.45) is 4.68. The van der Waals surface area contributed by atoms with Crippen LogP contribution in [0.3, 0.4) is 0 Å². The van der Waals surface area contributed by atoms with Crippen LogP contribution in [-0.2, 0) is 15.9 Å². The van der Waals surface area contributed by atoms with Crippen LogP contribution in [0.1, 0.15) is 65.0 Å². The molecule has 1 aromatic carbocycles. The molecule has 11 nitrogen and oxygen atoms in total. The van der Waals surface area contributed by atoms with E-state index in [0.717, 1.165) is 25.8 Å². The molecule has 1 aromatic heterocycles. The summed E-state index contributed by atoms with van der Waals surface area (Å²) in [7, 11) is 2.03. The Balaban J connectivity index is 1.38. The highest BCUT2D eigenvalue weighted by molar-refractivity contribution is 9.10. The lowest BCUT2D eigenvalue weighted by molar-refractivity contribution is 0.0173. The number of fused-ring (bicyclic) bond motifs is 2. The van der Waals surface area contributed by atoms with Crippen LogP contribution < -0.4 is 15.8 Å². The third-order valence-corrected chi connectivity index (χ3v) is 9.71. The van der Waals surface area contributed by atoms with Crippen LogP contribution in [0.25, 0.3) is 17.0 Å². The summed E-state index contributed by atoms with van der Waals surface area (Å²) in [5, 5.41) is 12.4. The number of alkyl carbamates (subject to hydrolysis) is 1. The Labute approximate surface area is 277 Å². The van der Waals surface area contributed by atoms with E-state index in [1.807, 2.05) is 33.9 Å². The fraction of sp³-hybridized carbons (Fsp3) is 0.576. The number of rotatable bonds is 8. The summed E-state index contributed by atoms with van der Waals surface area (Å²) >= 11 is 3.31. The highest BCUT2D eigenvalue weighted by Crippen LogP contribution is 2.42. The van der Waals surface area contributed by atoms with E-state index in [2.05, 4.69) is 31.1 Å². The average molecular weight is 702 g/mol. The first kappa shape index (κ1) is 33.7. The zero-order valence-electron chi connectivity index (χ0n) is 27.2. The number of amides is 2. The predicted molar refractivity (Wildman–Crippen MR) is 176 cm³/mol. The van der Waals surface area contributed by atoms with Gasteiger partial charge in [0.1, 0.15) is 23.3 Å². The van der Waals surface area contributed by atoms with Gasteiger partial charge in [0, 0.05) is 36.4 Å². The molecule has 2 aromatic rings. The standard InChI is InChI=1S/C33H42BrFN6O5/c1-32(2,3)46-31(43)41-16-19-14-23(41)27(19)39-30(42)45-33(4,5)15-22-21-13-18(9-7-11-36)24(34)25(35)28(21)38-29(26(22)37)44-17-20-10-8-12-40(20)6/h7,9,13,19-20,23,27H,8,10,12,14-17,37H2,1-6H3,(H,39,42)/b9-7+/t19?,20-,23?,27?/m0/s1. The number of likely N-dealkylation sites (N-methyl/N-ethyl adjacent to an activating group) is 1. The van der Waals surface area contributed by atoms with Crippen molar-refractivity contribution >= 4 is 50.8 Å². The molecule has 3 unspecified atom stereocenters. The van der Waals surface area contributed by atoms with Crippen molar-refractivity contribution in [1.82, 2.24) is 20.1 Å². The Kier molecular flexibility index (Phi) is 9.44. The van der Waals surface area contributed by atoms with Crippen LogP contribution in [-0.4, -0.2) is 83.0 Å². The SMILES string of the molecule is CN1CCC[C@H]1COc1nc2c(F)c(Br)c(/C=C/C#N)cc2c(CC(C)(C)OC(=O)NC2C3CC2N(C(=O)OC(C)(C)C)C3)c1N. The maximum Gasteiger partial charge on any atom is 0.410 e. The molecule has 6 rings (SSSR count). The summed E-state index contributed by atoms with van der Waals surface area (Å²) in [5.41, 5.74) is 6.20. The summed E-state index contributed by atoms with van der Waals surface area (Å²) in [5.74, 6) is -0.388. The molecule has 0 spiro atoms. The fourth-order valence-corrected chi connectivity index (χ4v) is 7.00. The largest absolute Gasteiger partial charge is 0.475 e. The van der Waals surface area contributed by atoms with Gasteiger partial charge in [0.15, 0.2) is 5.82 Å². The normalized spacial score (nSPS) is 23.0. The summed E-state index contributed by atoms with van der Waals surface area (Å²) in [6.45, 7) is 10.8. The number of benzene rings is 1. The quantitative estimate of drug-likeness (QED) is 0.328. The highest BCUT2D eigenvalue weighted by Gasteiger charge is 2.55. The molecule has 3 N–H and O–H groups in total. The molecule has 13 heteroatoms. The van der Waals surface area contributed by atoms with E-state index in [-0.39, 0.29) is 52.0 Å². The van der Waals surface area contributed by atoms with Crippen molar-refractivity contribution in [1.29, 1.82) is 5.26 Å². The number of anilines is 1. The van der Waals surface area contributed by atoms with Gasteiger partial charge in [0.2, 0.25) is 5.88 Å². The highest BCUT2D eigenvalue weighted by atomic mass is 79.9. The number of hydrogen-bond donors (Lipinski definition) is 2. The summed E-state index contributed by atoms with van der Waals surface area (Å²) in [6, 6.07) is 3.42. The van der Waals surface area contributed by atoms with E-state index in [1.54, 1.807) is 24.8 Å². The van der Waals surface area contributed by atoms with Crippen molar-refractivity contribution in [3.05, 3.63) is 33.6 Å². The van der Waals surface area contributed by atoms with Gasteiger partial charge in [0.25, 0.3) is 0 Å². The van der Waals surface area contributed by atoms with Crippen LogP contribution in [0.2, 0.25) is 0 Å². The van der Waals surface area contributed by atoms with Gasteiger partial charge in [-0.15, -0.1) is 0 Å². The first-order valence-corrected chi connectivity index (χ1v) is 16.4. The van der Waals surface area contributed by atoms with E-state index in [9.17, 15) is 9.59 Å². The minimum atomic E-state index is -1.09. The maximum absolute atomic E-state index is 15.8. The summed E-state index contributed by atoms with van der Waals surface area (Å²) in [4.78, 5) is 34.2. The van der Waals surface area contributed by atoms with Crippen LogP contribution >= 0.6 is 15.9 Å². The number of aromatic nitrogens is 1. The topological polar surface area (TPSA) is 143 Å². The second kappa shape index (κ2) is 12.9. The number of nitrogen functional groups attached to an aromatic ring is 1. The minimum absolute atomic E-state index is 0.0495. The Morgan fingerprint density at radius 1 is 1.28 bits per heavy atom. The number of nitrogens with two attached hydrogens (primary N) is 1. The lowest BCUT2D eigenvalue weighted by Gasteiger charge is -2.37. The molecule has 4 fully saturated rings. The molecule has 3 saturated heterocycles. The Morgan fingerprint density at radius 2 is 2.02 bits per heavy atom. The Hall–Kier alpha value is -3.63. The fourth-order valence-electron chi connectivity index (χ4n) is 6.57. The van der Waals surface area contributed by atoms with Crippen molar-refractivity contribution in [2.45, 2.75) is 89.6 Å². The second-order valence-electron chi connectivity index (χ2n) is 14.0. The van der Waals surface area contributed by atoms with Gasteiger partial charge >= 0.3 is 12.2 Å². The van der Waals surface area contributed by atoms with E-state index in [4.69, 9.17) is 25.2 Å². The van der Waals surface area contributed by atoms with Gasteiger partial charge in [-0.25, -0.2) is 19.0 Å². The first-order valence-electron chi connectivity index (χ1n) is 15.6. The van der Waals surface area contributed by atoms with Crippen LogP contribution in [0, 0.1) is 23.1 Å². The summed E-state index contributed by atoms with van der Waals surface area (Å²) < 4.78 is 33.5. The van der Waals surface area contributed by atoms with Gasteiger partial charge in [-0.1, -0.05) is 0 Å². The third-order valence-electron chi connectivity index (χ3n) is 8.91. The molecule has 46 heavy (non-hydrogen) atoms. The molecule has 4 aliphatic rings. The number of likely N-dealkylation sites (tertiary alicyclic amines) is 1. The maximum atomic E-state index is 15.8. The van der Waals surface area contributed by atoms with E-state index in [0.29, 0.717) is 29.7 Å². The Morgan fingerprint density at radius 3 is 2.67 bits per heavy atom. The number of carbonyl (C=O) groups excluding carboxylic acids is 2. The van der Waals surface area contributed by atoms with Gasteiger partial charge in [-0.3, -0.25) is 0 Å². The van der Waals surface area contributed by atoms with Crippen molar-refractivity contribution in [2.24, 2.45) is 5.92 Å². The predicted octanol–water partition coefficient (Wildman–Crippen LogP) is 5.78. The molecule has 4 heterocycles. The molecule has 248 valence electrons. The molecule has 1 aliphatic carbocycles. The molecule has 0 radical (unpaired) electrons. The van der Waals surface area contributed by atoms with E-state index in [1.165, 1.54) is 12.2 Å². The number of allylic oxidation sites excluding steroid dienone is 1. The Bertz CT molecular complexity index is 1600. The molecule has 1 saturated carbocycles. The number of ether oxygens (including phenoxy) is 3. The number of hydrogen-bond acceptors (Lipinski definition) is 9. The molecule has 2 bridgehead atoms. The number of nitrogens with zero attached hydrogens (tertiary/aromatic N) is 4. The number of carbonyl (C=O) groups is 2. The molecule has 4 atom stereocenters. The zero-order chi connectivity index (χ0) is 33.6. The number of nitriles is 1. The average Bonchev–Trinajstić information content (AvgIpc) is 3.68. The van der Waals surface area contributed by atoms with Crippen LogP contribution in [0.5, 0.6) is 5.88 Å². The first-order chi connectivity index (χ1) is 21.6. The number of halogens is 2. The van der Waals surface area contributed by atoms with Crippen molar-refractivity contribution < 1.29 is 28.2 Å². The molecular weight excluding hydrogens is 659 g/mol. The third kappa shape index (κ3) is 7.03. The lowest BCUT2D eigenvalue weighted by Crippen LogP contribution is -2.56. The smallest absolute Gasteiger partial charge is 0.410 e. The zero-order valence-corrected chi connectivity index (χ0v) is 28.7. The van der Waals surface area contributed by atoms with Crippen molar-refractivity contribution in [3.63, 3.8) is 0 Å². The van der Waals surface area contributed by atoms with Crippen molar-refractivity contribution in [2.75, 3.05) is 32.5 Å².